The number of nitrogens with zero attached hydrogens (tertiary/aromatic N) is 4. The molecule has 0 saturated heterocycles. The summed E-state index contributed by atoms with van der Waals surface area (Å²) in [6, 6.07) is 6.61. The first-order chi connectivity index (χ1) is 9.69. The normalized spacial score (nSPS) is 10.8. The zero-order valence-corrected chi connectivity index (χ0v) is 11.3. The Balaban J connectivity index is 2.14. The molecule has 2 aromatic heterocycles. The third-order valence-electron chi connectivity index (χ3n) is 2.84. The van der Waals surface area contributed by atoms with Crippen LogP contribution >= 0.6 is 11.8 Å². The first-order valence-electron chi connectivity index (χ1n) is 5.77. The van der Waals surface area contributed by atoms with Crippen LogP contribution in [0.1, 0.15) is 10.4 Å². The third kappa shape index (κ3) is 2.12. The van der Waals surface area contributed by atoms with E-state index in [4.69, 9.17) is 5.11 Å². The third-order valence-corrected chi connectivity index (χ3v) is 3.40. The van der Waals surface area contributed by atoms with Gasteiger partial charge in [-0.1, -0.05) is 11.8 Å². The van der Waals surface area contributed by atoms with Gasteiger partial charge < -0.3 is 5.11 Å². The molecule has 0 spiro atoms. The topological polar surface area (TPSA) is 80.9 Å². The predicted molar refractivity (Wildman–Crippen MR) is 75.4 cm³/mol. The van der Waals surface area contributed by atoms with E-state index in [1.807, 2.05) is 10.8 Å². The number of carboxylic acid groups (broad SMARTS) is 1. The standard InChI is InChI=1S/C13H10N4O2S/c1-20-13-14-5-4-11(16-13)17-7-15-9-6-8(12(18)19)2-3-10(9)17/h2-7H,1H3,(H,18,19). The molecule has 1 N–H and O–H groups in total. The number of rotatable bonds is 3. The Morgan fingerprint density at radius 2 is 2.15 bits per heavy atom. The van der Waals surface area contributed by atoms with E-state index in [0.717, 1.165) is 5.52 Å². The first kappa shape index (κ1) is 12.6. The lowest BCUT2D eigenvalue weighted by molar-refractivity contribution is 0.0697. The number of carboxylic acids is 1. The number of hydrogen-bond acceptors (Lipinski definition) is 5. The summed E-state index contributed by atoms with van der Waals surface area (Å²) in [5.41, 5.74) is 1.64. The largest absolute Gasteiger partial charge is 0.478 e. The predicted octanol–water partition coefficient (Wildman–Crippen LogP) is 2.24. The quantitative estimate of drug-likeness (QED) is 0.587. The molecule has 7 heteroatoms. The van der Waals surface area contributed by atoms with E-state index < -0.39 is 5.97 Å². The van der Waals surface area contributed by atoms with Crippen LogP contribution in [0.5, 0.6) is 0 Å². The lowest BCUT2D eigenvalue weighted by atomic mass is 10.2. The van der Waals surface area contributed by atoms with E-state index in [-0.39, 0.29) is 5.56 Å². The van der Waals surface area contributed by atoms with Crippen LogP contribution in [0.15, 0.2) is 41.9 Å². The molecule has 0 aliphatic rings. The summed E-state index contributed by atoms with van der Waals surface area (Å²) >= 11 is 1.46. The van der Waals surface area contributed by atoms with Crippen LogP contribution in [0.3, 0.4) is 0 Å². The van der Waals surface area contributed by atoms with Gasteiger partial charge in [-0.15, -0.1) is 0 Å². The van der Waals surface area contributed by atoms with E-state index in [0.29, 0.717) is 16.5 Å². The van der Waals surface area contributed by atoms with Crippen molar-refractivity contribution < 1.29 is 9.90 Å². The van der Waals surface area contributed by atoms with Crippen LogP contribution in [0.25, 0.3) is 16.9 Å². The number of carbonyl (C=O) groups is 1. The van der Waals surface area contributed by atoms with Crippen molar-refractivity contribution in [1.82, 2.24) is 19.5 Å². The molecule has 100 valence electrons. The minimum atomic E-state index is -0.965. The highest BCUT2D eigenvalue weighted by molar-refractivity contribution is 7.98. The highest BCUT2D eigenvalue weighted by Crippen LogP contribution is 2.19. The second-order valence-corrected chi connectivity index (χ2v) is 4.80. The maximum atomic E-state index is 10.9. The summed E-state index contributed by atoms with van der Waals surface area (Å²) in [6.45, 7) is 0. The molecule has 0 fully saturated rings. The molecule has 0 aliphatic heterocycles. The Morgan fingerprint density at radius 3 is 2.90 bits per heavy atom. The minimum Gasteiger partial charge on any atom is -0.478 e. The monoisotopic (exact) mass is 286 g/mol. The Morgan fingerprint density at radius 1 is 1.30 bits per heavy atom. The van der Waals surface area contributed by atoms with Crippen molar-refractivity contribution in [3.05, 3.63) is 42.4 Å². The molecular weight excluding hydrogens is 276 g/mol. The molecule has 0 saturated carbocycles. The summed E-state index contributed by atoms with van der Waals surface area (Å²) < 4.78 is 1.81. The average molecular weight is 286 g/mol. The van der Waals surface area contributed by atoms with Gasteiger partial charge >= 0.3 is 5.97 Å². The molecule has 1 aromatic carbocycles. The van der Waals surface area contributed by atoms with E-state index in [9.17, 15) is 4.79 Å². The maximum Gasteiger partial charge on any atom is 0.335 e. The molecule has 3 aromatic rings. The van der Waals surface area contributed by atoms with Crippen LogP contribution in [0.4, 0.5) is 0 Å². The lowest BCUT2D eigenvalue weighted by Crippen LogP contribution is -1.99. The van der Waals surface area contributed by atoms with Gasteiger partial charge in [0.2, 0.25) is 0 Å². The highest BCUT2D eigenvalue weighted by atomic mass is 32.2. The SMILES string of the molecule is CSc1nccc(-n2cnc3cc(C(=O)O)ccc32)n1. The van der Waals surface area contributed by atoms with Gasteiger partial charge in [0.15, 0.2) is 5.16 Å². The van der Waals surface area contributed by atoms with Crippen LogP contribution in [-0.4, -0.2) is 36.9 Å². The van der Waals surface area contributed by atoms with Gasteiger partial charge in [0.1, 0.15) is 12.1 Å². The molecule has 3 rings (SSSR count). The van der Waals surface area contributed by atoms with E-state index in [1.165, 1.54) is 11.8 Å². The number of imidazole rings is 1. The zero-order chi connectivity index (χ0) is 14.1. The fourth-order valence-electron chi connectivity index (χ4n) is 1.89. The van der Waals surface area contributed by atoms with Gasteiger partial charge in [-0.3, -0.25) is 4.57 Å². The molecule has 6 nitrogen and oxygen atoms in total. The fourth-order valence-corrected chi connectivity index (χ4v) is 2.24. The summed E-state index contributed by atoms with van der Waals surface area (Å²) in [5, 5.41) is 9.65. The Labute approximate surface area is 118 Å². The van der Waals surface area contributed by atoms with Gasteiger partial charge in [0.05, 0.1) is 16.6 Å². The van der Waals surface area contributed by atoms with E-state index in [1.54, 1.807) is 36.8 Å². The summed E-state index contributed by atoms with van der Waals surface area (Å²) in [4.78, 5) is 23.7. The van der Waals surface area contributed by atoms with Crippen LogP contribution < -0.4 is 0 Å². The van der Waals surface area contributed by atoms with Gasteiger partial charge in [0.25, 0.3) is 0 Å². The number of benzene rings is 1. The van der Waals surface area contributed by atoms with Crippen LogP contribution in [-0.2, 0) is 0 Å². The molecule has 20 heavy (non-hydrogen) atoms. The highest BCUT2D eigenvalue weighted by Gasteiger charge is 2.10. The van der Waals surface area contributed by atoms with Crippen molar-refractivity contribution in [2.75, 3.05) is 6.26 Å². The molecule has 0 unspecified atom stereocenters. The number of thioether (sulfide) groups is 1. The summed E-state index contributed by atoms with van der Waals surface area (Å²) in [7, 11) is 0. The van der Waals surface area contributed by atoms with Crippen molar-refractivity contribution >= 4 is 28.8 Å². The second kappa shape index (κ2) is 4.93. The lowest BCUT2D eigenvalue weighted by Gasteiger charge is -2.04. The maximum absolute atomic E-state index is 10.9. The van der Waals surface area contributed by atoms with Gasteiger partial charge in [0, 0.05) is 6.20 Å². The average Bonchev–Trinajstić information content (AvgIpc) is 2.90. The Hall–Kier alpha value is -2.41. The van der Waals surface area contributed by atoms with E-state index in [2.05, 4.69) is 15.0 Å². The second-order valence-electron chi connectivity index (χ2n) is 4.02. The smallest absolute Gasteiger partial charge is 0.335 e. The number of fused-ring (bicyclic) bond motifs is 1. The number of hydrogen-bond donors (Lipinski definition) is 1. The number of aromatic carboxylic acids is 1. The van der Waals surface area contributed by atoms with Gasteiger partial charge in [-0.25, -0.2) is 19.7 Å². The summed E-state index contributed by atoms with van der Waals surface area (Å²) in [6.07, 6.45) is 5.22. The first-order valence-corrected chi connectivity index (χ1v) is 6.99. The minimum absolute atomic E-state index is 0.218. The molecule has 2 heterocycles. The molecule has 0 atom stereocenters. The van der Waals surface area contributed by atoms with E-state index >= 15 is 0 Å². The fraction of sp³-hybridized carbons (Fsp3) is 0.0769. The molecule has 0 amide bonds. The van der Waals surface area contributed by atoms with Crippen molar-refractivity contribution in [2.24, 2.45) is 0 Å². The van der Waals surface area contributed by atoms with Gasteiger partial charge in [-0.05, 0) is 30.5 Å². The molecule has 0 aliphatic carbocycles. The van der Waals surface area contributed by atoms with Gasteiger partial charge in [-0.2, -0.15) is 0 Å². The van der Waals surface area contributed by atoms with Crippen molar-refractivity contribution in [3.8, 4) is 5.82 Å². The van der Waals surface area contributed by atoms with Crippen molar-refractivity contribution in [2.45, 2.75) is 5.16 Å². The number of aromatic nitrogens is 4. The Kier molecular flexibility index (Phi) is 3.11. The van der Waals surface area contributed by atoms with Crippen molar-refractivity contribution in [1.29, 1.82) is 0 Å². The molecular formula is C13H10N4O2S. The molecule has 0 radical (unpaired) electrons. The summed E-state index contributed by atoms with van der Waals surface area (Å²) in [5.74, 6) is -0.261. The van der Waals surface area contributed by atoms with Crippen LogP contribution in [0, 0.1) is 0 Å². The van der Waals surface area contributed by atoms with Crippen LogP contribution in [0.2, 0.25) is 0 Å². The van der Waals surface area contributed by atoms with Crippen molar-refractivity contribution in [3.63, 3.8) is 0 Å². The molecule has 0 bridgehead atoms. The Bertz CT molecular complexity index is 800. The zero-order valence-electron chi connectivity index (χ0n) is 10.5.